The number of carbonyl (C=O) groups excluding carboxylic acids is 1. The van der Waals surface area contributed by atoms with Gasteiger partial charge in [0.15, 0.2) is 0 Å². The molecule has 0 spiro atoms. The SMILES string of the molecule is COc1ccc(C)cc1NC(=O)c1cccc(CN2CCN(S(=O)(=O)c3ccccc3)CC2)c1. The van der Waals surface area contributed by atoms with Crippen LogP contribution in [-0.2, 0) is 16.6 Å². The molecule has 0 atom stereocenters. The normalized spacial score (nSPS) is 15.1. The highest BCUT2D eigenvalue weighted by molar-refractivity contribution is 7.89. The van der Waals surface area contributed by atoms with E-state index < -0.39 is 10.0 Å². The van der Waals surface area contributed by atoms with Gasteiger partial charge in [0.2, 0.25) is 10.0 Å². The molecule has 0 unspecified atom stereocenters. The number of carbonyl (C=O) groups is 1. The van der Waals surface area contributed by atoms with Gasteiger partial charge in [0, 0.05) is 38.3 Å². The van der Waals surface area contributed by atoms with Crippen LogP contribution in [0.4, 0.5) is 5.69 Å². The summed E-state index contributed by atoms with van der Waals surface area (Å²) in [5.41, 5.74) is 3.22. The molecule has 4 rings (SSSR count). The van der Waals surface area contributed by atoms with Crippen molar-refractivity contribution >= 4 is 21.6 Å². The standard InChI is InChI=1S/C26H29N3O4S/c1-20-11-12-25(33-2)24(17-20)27-26(30)22-8-6-7-21(18-22)19-28-13-15-29(16-14-28)34(31,32)23-9-4-3-5-10-23/h3-12,17-18H,13-16,19H2,1-2H3,(H,27,30). The van der Waals surface area contributed by atoms with Gasteiger partial charge in [0.05, 0.1) is 17.7 Å². The summed E-state index contributed by atoms with van der Waals surface area (Å²) in [6, 6.07) is 21.7. The minimum Gasteiger partial charge on any atom is -0.495 e. The van der Waals surface area contributed by atoms with Crippen molar-refractivity contribution in [1.82, 2.24) is 9.21 Å². The molecule has 1 saturated heterocycles. The van der Waals surface area contributed by atoms with Crippen molar-refractivity contribution in [2.24, 2.45) is 0 Å². The predicted octanol–water partition coefficient (Wildman–Crippen LogP) is 3.76. The number of amides is 1. The number of ether oxygens (including phenoxy) is 1. The topological polar surface area (TPSA) is 79.0 Å². The molecular formula is C26H29N3O4S. The van der Waals surface area contributed by atoms with Gasteiger partial charge < -0.3 is 10.1 Å². The Morgan fingerprint density at radius 3 is 2.38 bits per heavy atom. The number of piperazine rings is 1. The van der Waals surface area contributed by atoms with Gasteiger partial charge in [-0.1, -0.05) is 36.4 Å². The van der Waals surface area contributed by atoms with Crippen LogP contribution < -0.4 is 10.1 Å². The summed E-state index contributed by atoms with van der Waals surface area (Å²) in [7, 11) is -1.90. The van der Waals surface area contributed by atoms with Gasteiger partial charge in [-0.15, -0.1) is 0 Å². The molecule has 7 nitrogen and oxygen atoms in total. The fraction of sp³-hybridized carbons (Fsp3) is 0.269. The van der Waals surface area contributed by atoms with Crippen molar-refractivity contribution < 1.29 is 17.9 Å². The van der Waals surface area contributed by atoms with Crippen LogP contribution in [0.15, 0.2) is 77.7 Å². The molecule has 0 aromatic heterocycles. The van der Waals surface area contributed by atoms with E-state index in [0.717, 1.165) is 11.1 Å². The van der Waals surface area contributed by atoms with E-state index in [1.165, 1.54) is 4.31 Å². The fourth-order valence-electron chi connectivity index (χ4n) is 4.05. The molecule has 1 aliphatic rings. The molecule has 178 valence electrons. The van der Waals surface area contributed by atoms with Gasteiger partial charge in [0.1, 0.15) is 5.75 Å². The van der Waals surface area contributed by atoms with Gasteiger partial charge in [-0.25, -0.2) is 8.42 Å². The van der Waals surface area contributed by atoms with E-state index in [4.69, 9.17) is 4.74 Å². The van der Waals surface area contributed by atoms with E-state index in [-0.39, 0.29) is 5.91 Å². The molecule has 3 aromatic carbocycles. The molecule has 3 aromatic rings. The van der Waals surface area contributed by atoms with Crippen molar-refractivity contribution in [2.75, 3.05) is 38.6 Å². The number of methoxy groups -OCH3 is 1. The lowest BCUT2D eigenvalue weighted by Gasteiger charge is -2.34. The first-order valence-corrected chi connectivity index (χ1v) is 12.6. The largest absolute Gasteiger partial charge is 0.495 e. The molecule has 0 aliphatic carbocycles. The zero-order valence-corrected chi connectivity index (χ0v) is 20.2. The van der Waals surface area contributed by atoms with Crippen LogP contribution in [0.25, 0.3) is 0 Å². The minimum absolute atomic E-state index is 0.204. The first kappa shape index (κ1) is 23.9. The molecule has 8 heteroatoms. The van der Waals surface area contributed by atoms with E-state index >= 15 is 0 Å². The number of nitrogens with zero attached hydrogens (tertiary/aromatic N) is 2. The van der Waals surface area contributed by atoms with E-state index in [2.05, 4.69) is 10.2 Å². The Balaban J connectivity index is 1.38. The number of sulfonamides is 1. The van der Waals surface area contributed by atoms with Crippen LogP contribution in [0.3, 0.4) is 0 Å². The first-order valence-electron chi connectivity index (χ1n) is 11.2. The molecule has 1 aliphatic heterocycles. The second-order valence-corrected chi connectivity index (χ2v) is 10.3. The molecule has 1 N–H and O–H groups in total. The smallest absolute Gasteiger partial charge is 0.255 e. The van der Waals surface area contributed by atoms with Crippen LogP contribution in [0.2, 0.25) is 0 Å². The zero-order valence-electron chi connectivity index (χ0n) is 19.4. The van der Waals surface area contributed by atoms with Gasteiger partial charge >= 0.3 is 0 Å². The highest BCUT2D eigenvalue weighted by Crippen LogP contribution is 2.26. The summed E-state index contributed by atoms with van der Waals surface area (Å²) >= 11 is 0. The summed E-state index contributed by atoms with van der Waals surface area (Å²) in [6.45, 7) is 4.73. The third-order valence-electron chi connectivity index (χ3n) is 5.91. The lowest BCUT2D eigenvalue weighted by Crippen LogP contribution is -2.48. The molecule has 1 fully saturated rings. The molecule has 0 saturated carbocycles. The van der Waals surface area contributed by atoms with Crippen LogP contribution in [0.5, 0.6) is 5.75 Å². The molecular weight excluding hydrogens is 450 g/mol. The zero-order chi connectivity index (χ0) is 24.1. The maximum absolute atomic E-state index is 12.9. The van der Waals surface area contributed by atoms with Gasteiger partial charge in [-0.05, 0) is 54.4 Å². The van der Waals surface area contributed by atoms with Crippen molar-refractivity contribution in [3.63, 3.8) is 0 Å². The van der Waals surface area contributed by atoms with Gasteiger partial charge in [0.25, 0.3) is 5.91 Å². The Hall–Kier alpha value is -3.20. The Morgan fingerprint density at radius 1 is 0.941 bits per heavy atom. The molecule has 1 heterocycles. The third kappa shape index (κ3) is 5.47. The van der Waals surface area contributed by atoms with Gasteiger partial charge in [-0.2, -0.15) is 4.31 Å². The second-order valence-electron chi connectivity index (χ2n) is 8.35. The van der Waals surface area contributed by atoms with Crippen molar-refractivity contribution in [3.8, 4) is 5.75 Å². The summed E-state index contributed by atoms with van der Waals surface area (Å²) in [4.78, 5) is 15.4. The molecule has 0 bridgehead atoms. The molecule has 0 radical (unpaired) electrons. The summed E-state index contributed by atoms with van der Waals surface area (Å²) in [6.07, 6.45) is 0. The van der Waals surface area contributed by atoms with Crippen molar-refractivity contribution in [3.05, 3.63) is 89.5 Å². The summed E-state index contributed by atoms with van der Waals surface area (Å²) < 4.78 is 32.6. The monoisotopic (exact) mass is 479 g/mol. The summed E-state index contributed by atoms with van der Waals surface area (Å²) in [5.74, 6) is 0.406. The number of nitrogens with one attached hydrogen (secondary N) is 1. The summed E-state index contributed by atoms with van der Waals surface area (Å²) in [5, 5.41) is 2.94. The van der Waals surface area contributed by atoms with E-state index in [1.54, 1.807) is 37.4 Å². The third-order valence-corrected chi connectivity index (χ3v) is 7.82. The minimum atomic E-state index is -3.47. The fourth-order valence-corrected chi connectivity index (χ4v) is 5.50. The number of anilines is 1. The molecule has 1 amide bonds. The highest BCUT2D eigenvalue weighted by Gasteiger charge is 2.28. The second kappa shape index (κ2) is 10.4. The van der Waals surface area contributed by atoms with E-state index in [1.807, 2.05) is 49.4 Å². The van der Waals surface area contributed by atoms with Crippen LogP contribution >= 0.6 is 0 Å². The lowest BCUT2D eigenvalue weighted by atomic mass is 10.1. The average Bonchev–Trinajstić information content (AvgIpc) is 2.85. The van der Waals surface area contributed by atoms with Crippen molar-refractivity contribution in [1.29, 1.82) is 0 Å². The predicted molar refractivity (Wildman–Crippen MR) is 133 cm³/mol. The van der Waals surface area contributed by atoms with Gasteiger partial charge in [-0.3, -0.25) is 9.69 Å². The van der Waals surface area contributed by atoms with Crippen LogP contribution in [0.1, 0.15) is 21.5 Å². The first-order chi connectivity index (χ1) is 16.4. The Bertz CT molecular complexity index is 1250. The average molecular weight is 480 g/mol. The quantitative estimate of drug-likeness (QED) is 0.558. The maximum Gasteiger partial charge on any atom is 0.255 e. The van der Waals surface area contributed by atoms with E-state index in [9.17, 15) is 13.2 Å². The number of hydrogen-bond acceptors (Lipinski definition) is 5. The van der Waals surface area contributed by atoms with E-state index in [0.29, 0.717) is 54.6 Å². The number of benzene rings is 3. The number of rotatable bonds is 7. The number of hydrogen-bond donors (Lipinski definition) is 1. The Kier molecular flexibility index (Phi) is 7.31. The maximum atomic E-state index is 12.9. The Morgan fingerprint density at radius 2 is 1.68 bits per heavy atom. The lowest BCUT2D eigenvalue weighted by molar-refractivity contribution is 0.102. The van der Waals surface area contributed by atoms with Crippen molar-refractivity contribution in [2.45, 2.75) is 18.4 Å². The van der Waals surface area contributed by atoms with Crippen LogP contribution in [0, 0.1) is 6.92 Å². The van der Waals surface area contributed by atoms with Crippen LogP contribution in [-0.4, -0.2) is 56.8 Å². The number of aryl methyl sites for hydroxylation is 1. The Labute approximate surface area is 201 Å². The highest BCUT2D eigenvalue weighted by atomic mass is 32.2. The molecule has 34 heavy (non-hydrogen) atoms.